The summed E-state index contributed by atoms with van der Waals surface area (Å²) in [5.41, 5.74) is 5.92. The Bertz CT molecular complexity index is 520. The minimum atomic E-state index is 0.281. The standard InChI is InChI=1S/C9H7ClN4/c10-8-6-3-5-12-9(6)14-7(13-8)2-1-4-11/h3,5H,4,11H2,(H,12,13,14). The summed E-state index contributed by atoms with van der Waals surface area (Å²) in [6, 6.07) is 1.82. The number of rotatable bonds is 0. The van der Waals surface area contributed by atoms with E-state index < -0.39 is 0 Å². The lowest BCUT2D eigenvalue weighted by molar-refractivity contribution is 1.15. The first-order valence-electron chi connectivity index (χ1n) is 4.01. The van der Waals surface area contributed by atoms with E-state index in [2.05, 4.69) is 26.8 Å². The van der Waals surface area contributed by atoms with Crippen molar-refractivity contribution in [2.75, 3.05) is 6.54 Å². The molecule has 2 rings (SSSR count). The van der Waals surface area contributed by atoms with E-state index >= 15 is 0 Å². The second-order valence-electron chi connectivity index (χ2n) is 2.58. The number of nitrogens with two attached hydrogens (primary N) is 1. The Kier molecular flexibility index (Phi) is 2.35. The normalized spacial score (nSPS) is 9.86. The average molecular weight is 207 g/mol. The molecule has 0 saturated carbocycles. The molecule has 70 valence electrons. The maximum Gasteiger partial charge on any atom is 0.208 e. The second-order valence-corrected chi connectivity index (χ2v) is 2.94. The highest BCUT2D eigenvalue weighted by Crippen LogP contribution is 2.18. The van der Waals surface area contributed by atoms with Gasteiger partial charge in [0.25, 0.3) is 0 Å². The number of fused-ring (bicyclic) bond motifs is 1. The van der Waals surface area contributed by atoms with Crippen LogP contribution in [0.4, 0.5) is 0 Å². The summed E-state index contributed by atoms with van der Waals surface area (Å²) in [4.78, 5) is 11.1. The summed E-state index contributed by atoms with van der Waals surface area (Å²) in [5.74, 6) is 5.78. The number of nitrogens with one attached hydrogen (secondary N) is 1. The van der Waals surface area contributed by atoms with E-state index in [1.165, 1.54) is 0 Å². The van der Waals surface area contributed by atoms with Crippen LogP contribution >= 0.6 is 11.6 Å². The molecule has 14 heavy (non-hydrogen) atoms. The van der Waals surface area contributed by atoms with Crippen molar-refractivity contribution in [2.45, 2.75) is 0 Å². The predicted molar refractivity (Wildman–Crippen MR) is 54.8 cm³/mol. The molecule has 0 amide bonds. The van der Waals surface area contributed by atoms with Crippen LogP contribution in [0, 0.1) is 11.8 Å². The van der Waals surface area contributed by atoms with E-state index in [4.69, 9.17) is 17.3 Å². The minimum absolute atomic E-state index is 0.281. The lowest BCUT2D eigenvalue weighted by Crippen LogP contribution is -1.95. The van der Waals surface area contributed by atoms with Crippen LogP contribution in [-0.2, 0) is 0 Å². The summed E-state index contributed by atoms with van der Waals surface area (Å²) < 4.78 is 0. The Hall–Kier alpha value is -1.57. The Labute approximate surface area is 85.5 Å². The highest BCUT2D eigenvalue weighted by Gasteiger charge is 2.04. The van der Waals surface area contributed by atoms with Gasteiger partial charge in [0.05, 0.1) is 11.9 Å². The summed E-state index contributed by atoms with van der Waals surface area (Å²) >= 11 is 5.91. The number of hydrogen-bond acceptors (Lipinski definition) is 3. The topological polar surface area (TPSA) is 67.6 Å². The first-order chi connectivity index (χ1) is 6.81. The third-order valence-electron chi connectivity index (χ3n) is 1.67. The molecule has 0 spiro atoms. The molecule has 2 heterocycles. The molecule has 0 unspecified atom stereocenters. The molecular formula is C9H7ClN4. The maximum atomic E-state index is 5.91. The number of hydrogen-bond donors (Lipinski definition) is 2. The van der Waals surface area contributed by atoms with Crippen LogP contribution in [0.3, 0.4) is 0 Å². The zero-order valence-corrected chi connectivity index (χ0v) is 7.97. The Balaban J connectivity index is 2.58. The van der Waals surface area contributed by atoms with Gasteiger partial charge in [-0.15, -0.1) is 0 Å². The maximum absolute atomic E-state index is 5.91. The first-order valence-corrected chi connectivity index (χ1v) is 4.38. The Morgan fingerprint density at radius 2 is 2.36 bits per heavy atom. The molecule has 0 aliphatic heterocycles. The molecule has 0 aliphatic carbocycles. The summed E-state index contributed by atoms with van der Waals surface area (Å²) in [7, 11) is 0. The molecule has 5 heteroatoms. The van der Waals surface area contributed by atoms with Crippen molar-refractivity contribution >= 4 is 22.6 Å². The zero-order valence-electron chi connectivity index (χ0n) is 7.21. The molecule has 0 aromatic carbocycles. The summed E-state index contributed by atoms with van der Waals surface area (Å²) in [6.07, 6.45) is 1.76. The molecule has 0 atom stereocenters. The minimum Gasteiger partial charge on any atom is -0.346 e. The molecule has 0 bridgehead atoms. The lowest BCUT2D eigenvalue weighted by atomic mass is 10.4. The number of aromatic amines is 1. The van der Waals surface area contributed by atoms with Gasteiger partial charge in [0, 0.05) is 6.20 Å². The van der Waals surface area contributed by atoms with Crippen LogP contribution in [0.15, 0.2) is 12.3 Å². The van der Waals surface area contributed by atoms with Crippen LogP contribution < -0.4 is 5.73 Å². The molecule has 2 aromatic heterocycles. The molecule has 0 fully saturated rings. The Morgan fingerprint density at radius 3 is 3.14 bits per heavy atom. The van der Waals surface area contributed by atoms with Crippen LogP contribution in [0.25, 0.3) is 11.0 Å². The van der Waals surface area contributed by atoms with Crippen molar-refractivity contribution in [2.24, 2.45) is 5.73 Å². The quantitative estimate of drug-likeness (QED) is 0.498. The molecule has 0 radical (unpaired) electrons. The highest BCUT2D eigenvalue weighted by atomic mass is 35.5. The van der Waals surface area contributed by atoms with Crippen molar-refractivity contribution in [3.8, 4) is 11.8 Å². The van der Waals surface area contributed by atoms with Crippen molar-refractivity contribution in [1.82, 2.24) is 15.0 Å². The molecule has 0 aliphatic rings. The molecular weight excluding hydrogens is 200 g/mol. The first kappa shape index (κ1) is 9.00. The molecule has 4 nitrogen and oxygen atoms in total. The number of halogens is 1. The van der Waals surface area contributed by atoms with Gasteiger partial charge in [0.1, 0.15) is 10.8 Å². The lowest BCUT2D eigenvalue weighted by Gasteiger charge is -1.93. The number of H-pyrrole nitrogens is 1. The zero-order chi connectivity index (χ0) is 9.97. The van der Waals surface area contributed by atoms with Gasteiger partial charge in [-0.25, -0.2) is 9.97 Å². The molecule has 2 aromatic rings. The van der Waals surface area contributed by atoms with Gasteiger partial charge in [0.15, 0.2) is 0 Å². The van der Waals surface area contributed by atoms with Crippen LogP contribution in [-0.4, -0.2) is 21.5 Å². The van der Waals surface area contributed by atoms with Gasteiger partial charge >= 0.3 is 0 Å². The Morgan fingerprint density at radius 1 is 1.50 bits per heavy atom. The van der Waals surface area contributed by atoms with Crippen LogP contribution in [0.1, 0.15) is 5.82 Å². The van der Waals surface area contributed by atoms with Crippen LogP contribution in [0.2, 0.25) is 5.15 Å². The molecule has 3 N–H and O–H groups in total. The summed E-state index contributed by atoms with van der Waals surface area (Å²) in [5, 5.41) is 1.20. The van der Waals surface area contributed by atoms with E-state index in [-0.39, 0.29) is 6.54 Å². The van der Waals surface area contributed by atoms with E-state index in [0.717, 1.165) is 5.39 Å². The largest absolute Gasteiger partial charge is 0.346 e. The van der Waals surface area contributed by atoms with Gasteiger partial charge in [-0.05, 0) is 12.0 Å². The van der Waals surface area contributed by atoms with Crippen molar-refractivity contribution < 1.29 is 0 Å². The van der Waals surface area contributed by atoms with E-state index in [0.29, 0.717) is 16.6 Å². The van der Waals surface area contributed by atoms with E-state index in [1.807, 2.05) is 6.07 Å². The van der Waals surface area contributed by atoms with Gasteiger partial charge in [0.2, 0.25) is 5.82 Å². The van der Waals surface area contributed by atoms with E-state index in [9.17, 15) is 0 Å². The van der Waals surface area contributed by atoms with Gasteiger partial charge < -0.3 is 10.7 Å². The van der Waals surface area contributed by atoms with Crippen molar-refractivity contribution in [3.63, 3.8) is 0 Å². The number of nitrogens with zero attached hydrogens (tertiary/aromatic N) is 2. The molecule has 0 saturated heterocycles. The second kappa shape index (κ2) is 3.66. The average Bonchev–Trinajstić information content (AvgIpc) is 2.63. The fraction of sp³-hybridized carbons (Fsp3) is 0.111. The SMILES string of the molecule is NCC#Cc1nc(Cl)c2cc[nH]c2n1. The van der Waals surface area contributed by atoms with Gasteiger partial charge in [-0.1, -0.05) is 17.5 Å². The number of aromatic nitrogens is 3. The summed E-state index contributed by atoms with van der Waals surface area (Å²) in [6.45, 7) is 0.281. The van der Waals surface area contributed by atoms with Crippen LogP contribution in [0.5, 0.6) is 0 Å². The fourth-order valence-electron chi connectivity index (χ4n) is 1.09. The van der Waals surface area contributed by atoms with Crippen molar-refractivity contribution in [1.29, 1.82) is 0 Å². The third-order valence-corrected chi connectivity index (χ3v) is 1.96. The predicted octanol–water partition coefficient (Wildman–Crippen LogP) is 0.921. The smallest absolute Gasteiger partial charge is 0.208 e. The van der Waals surface area contributed by atoms with Gasteiger partial charge in [-0.3, -0.25) is 0 Å². The van der Waals surface area contributed by atoms with Gasteiger partial charge in [-0.2, -0.15) is 0 Å². The monoisotopic (exact) mass is 206 g/mol. The van der Waals surface area contributed by atoms with E-state index in [1.54, 1.807) is 6.20 Å². The third kappa shape index (κ3) is 1.55. The fourth-order valence-corrected chi connectivity index (χ4v) is 1.32. The van der Waals surface area contributed by atoms with Crippen molar-refractivity contribution in [3.05, 3.63) is 23.2 Å². The highest BCUT2D eigenvalue weighted by molar-refractivity contribution is 6.33.